The van der Waals surface area contributed by atoms with Gasteiger partial charge in [0.25, 0.3) is 11.6 Å². The van der Waals surface area contributed by atoms with E-state index in [2.05, 4.69) is 5.32 Å². The Morgan fingerprint density at radius 2 is 1.96 bits per heavy atom. The lowest BCUT2D eigenvalue weighted by atomic mass is 10.1. The number of anilines is 1. The zero-order valence-corrected chi connectivity index (χ0v) is 14.2. The van der Waals surface area contributed by atoms with E-state index in [0.29, 0.717) is 36.8 Å². The molecule has 0 atom stereocenters. The summed E-state index contributed by atoms with van der Waals surface area (Å²) in [5, 5.41) is 13.5. The summed E-state index contributed by atoms with van der Waals surface area (Å²) in [6.45, 7) is 5.17. The molecule has 0 saturated carbocycles. The topological polar surface area (TPSA) is 90.7 Å². The molecular weight excluding hydrogens is 324 g/mol. The van der Waals surface area contributed by atoms with E-state index in [9.17, 15) is 14.9 Å². The van der Waals surface area contributed by atoms with Gasteiger partial charge in [-0.05, 0) is 38.1 Å². The van der Waals surface area contributed by atoms with Crippen molar-refractivity contribution in [1.82, 2.24) is 0 Å². The van der Waals surface area contributed by atoms with Crippen molar-refractivity contribution < 1.29 is 19.2 Å². The van der Waals surface area contributed by atoms with Crippen LogP contribution in [0, 0.1) is 10.1 Å². The van der Waals surface area contributed by atoms with Crippen LogP contribution in [0.2, 0.25) is 0 Å². The number of hydrogen-bond donors (Lipinski definition) is 1. The van der Waals surface area contributed by atoms with Gasteiger partial charge in [-0.2, -0.15) is 0 Å². The van der Waals surface area contributed by atoms with Crippen LogP contribution in [0.3, 0.4) is 0 Å². The first kappa shape index (κ1) is 18.4. The van der Waals surface area contributed by atoms with Crippen molar-refractivity contribution in [2.45, 2.75) is 20.5 Å². The van der Waals surface area contributed by atoms with Crippen molar-refractivity contribution >= 4 is 17.3 Å². The van der Waals surface area contributed by atoms with Gasteiger partial charge in [0.2, 0.25) is 0 Å². The number of nitro groups is 1. The number of nitrogens with zero attached hydrogens (tertiary/aromatic N) is 1. The summed E-state index contributed by atoms with van der Waals surface area (Å²) in [5.74, 6) is 0.309. The molecule has 1 N–H and O–H groups in total. The Morgan fingerprint density at radius 1 is 1.16 bits per heavy atom. The minimum atomic E-state index is -0.507. The smallest absolute Gasteiger partial charge is 0.271 e. The summed E-state index contributed by atoms with van der Waals surface area (Å²) in [4.78, 5) is 22.7. The first-order valence-electron chi connectivity index (χ1n) is 7.94. The summed E-state index contributed by atoms with van der Waals surface area (Å²) in [5.41, 5.74) is 1.47. The second-order valence-electron chi connectivity index (χ2n) is 5.15. The van der Waals surface area contributed by atoms with E-state index >= 15 is 0 Å². The lowest BCUT2D eigenvalue weighted by Crippen LogP contribution is -2.13. The Balaban J connectivity index is 2.20. The predicted octanol–water partition coefficient (Wildman–Crippen LogP) is 3.78. The van der Waals surface area contributed by atoms with Crippen molar-refractivity contribution in [1.29, 1.82) is 0 Å². The average molecular weight is 344 g/mol. The molecule has 2 rings (SSSR count). The van der Waals surface area contributed by atoms with Gasteiger partial charge in [-0.15, -0.1) is 0 Å². The zero-order chi connectivity index (χ0) is 18.2. The fourth-order valence-corrected chi connectivity index (χ4v) is 2.24. The van der Waals surface area contributed by atoms with E-state index < -0.39 is 4.92 Å². The van der Waals surface area contributed by atoms with Crippen molar-refractivity contribution in [3.05, 3.63) is 63.7 Å². The number of nitrogens with one attached hydrogen (secondary N) is 1. The Bertz CT molecular complexity index is 761. The maximum atomic E-state index is 12.4. The quantitative estimate of drug-likeness (QED) is 0.581. The number of amides is 1. The minimum absolute atomic E-state index is 0.0819. The largest absolute Gasteiger partial charge is 0.494 e. The second kappa shape index (κ2) is 8.79. The molecule has 132 valence electrons. The number of hydrogen-bond acceptors (Lipinski definition) is 5. The lowest BCUT2D eigenvalue weighted by Gasteiger charge is -2.12. The van der Waals surface area contributed by atoms with Gasteiger partial charge in [-0.1, -0.05) is 6.07 Å². The van der Waals surface area contributed by atoms with Gasteiger partial charge in [0.1, 0.15) is 5.75 Å². The summed E-state index contributed by atoms with van der Waals surface area (Å²) >= 11 is 0. The van der Waals surface area contributed by atoms with Gasteiger partial charge in [0, 0.05) is 35.6 Å². The van der Waals surface area contributed by atoms with Gasteiger partial charge in [0.05, 0.1) is 18.1 Å². The molecule has 0 saturated heterocycles. The zero-order valence-electron chi connectivity index (χ0n) is 14.2. The van der Waals surface area contributed by atoms with Gasteiger partial charge in [-0.3, -0.25) is 14.9 Å². The fraction of sp³-hybridized carbons (Fsp3) is 0.278. The number of nitro benzene ring substituents is 1. The maximum absolute atomic E-state index is 12.4. The molecule has 2 aromatic carbocycles. The standard InChI is InChI=1S/C18H20N2O5/c1-3-24-12-14-10-13(8-9-17(14)25-4-2)18(21)19-15-6-5-7-16(11-15)20(22)23/h5-11H,3-4,12H2,1-2H3,(H,19,21). The first-order valence-corrected chi connectivity index (χ1v) is 7.94. The van der Waals surface area contributed by atoms with E-state index in [0.717, 1.165) is 5.56 Å². The van der Waals surface area contributed by atoms with Gasteiger partial charge >= 0.3 is 0 Å². The normalized spacial score (nSPS) is 10.3. The van der Waals surface area contributed by atoms with E-state index in [1.54, 1.807) is 24.3 Å². The molecule has 2 aromatic rings. The van der Waals surface area contributed by atoms with Gasteiger partial charge in [-0.25, -0.2) is 0 Å². The summed E-state index contributed by atoms with van der Waals surface area (Å²) in [7, 11) is 0. The van der Waals surface area contributed by atoms with Crippen molar-refractivity contribution in [2.75, 3.05) is 18.5 Å². The average Bonchev–Trinajstić information content (AvgIpc) is 2.61. The van der Waals surface area contributed by atoms with Gasteiger partial charge in [0.15, 0.2) is 0 Å². The van der Waals surface area contributed by atoms with E-state index in [4.69, 9.17) is 9.47 Å². The van der Waals surface area contributed by atoms with E-state index in [-0.39, 0.29) is 11.6 Å². The molecule has 7 nitrogen and oxygen atoms in total. The third-order valence-electron chi connectivity index (χ3n) is 3.40. The summed E-state index contributed by atoms with van der Waals surface area (Å²) in [6.07, 6.45) is 0. The number of benzene rings is 2. The lowest BCUT2D eigenvalue weighted by molar-refractivity contribution is -0.384. The van der Waals surface area contributed by atoms with Crippen LogP contribution in [0.25, 0.3) is 0 Å². The van der Waals surface area contributed by atoms with Crippen LogP contribution in [0.4, 0.5) is 11.4 Å². The summed E-state index contributed by atoms with van der Waals surface area (Å²) in [6, 6.07) is 10.9. The molecule has 0 aromatic heterocycles. The van der Waals surface area contributed by atoms with Crippen LogP contribution in [0.5, 0.6) is 5.75 Å². The Labute approximate surface area is 145 Å². The van der Waals surface area contributed by atoms with Crippen LogP contribution in [-0.2, 0) is 11.3 Å². The molecule has 0 unspecified atom stereocenters. The first-order chi connectivity index (χ1) is 12.0. The van der Waals surface area contributed by atoms with Gasteiger partial charge < -0.3 is 14.8 Å². The number of non-ortho nitro benzene ring substituents is 1. The predicted molar refractivity (Wildman–Crippen MR) is 94.0 cm³/mol. The fourth-order valence-electron chi connectivity index (χ4n) is 2.24. The number of rotatable bonds is 8. The number of carbonyl (C=O) groups excluding carboxylic acids is 1. The molecule has 0 aliphatic heterocycles. The highest BCUT2D eigenvalue weighted by molar-refractivity contribution is 6.04. The van der Waals surface area contributed by atoms with E-state index in [1.807, 2.05) is 13.8 Å². The maximum Gasteiger partial charge on any atom is 0.271 e. The molecule has 1 amide bonds. The van der Waals surface area contributed by atoms with E-state index in [1.165, 1.54) is 18.2 Å². The van der Waals surface area contributed by atoms with Crippen molar-refractivity contribution in [3.63, 3.8) is 0 Å². The van der Waals surface area contributed by atoms with Crippen molar-refractivity contribution in [3.8, 4) is 5.75 Å². The molecule has 0 aliphatic rings. The number of ether oxygens (including phenoxy) is 2. The molecule has 0 aliphatic carbocycles. The highest BCUT2D eigenvalue weighted by atomic mass is 16.6. The molecule has 0 fully saturated rings. The SMILES string of the molecule is CCOCc1cc(C(=O)Nc2cccc([N+](=O)[O-])c2)ccc1OCC. The molecule has 0 bridgehead atoms. The molecule has 7 heteroatoms. The molecule has 0 radical (unpaired) electrons. The molecular formula is C18H20N2O5. The highest BCUT2D eigenvalue weighted by Gasteiger charge is 2.13. The third kappa shape index (κ3) is 5.02. The second-order valence-corrected chi connectivity index (χ2v) is 5.15. The highest BCUT2D eigenvalue weighted by Crippen LogP contribution is 2.23. The van der Waals surface area contributed by atoms with Crippen LogP contribution in [0.1, 0.15) is 29.8 Å². The molecule has 0 spiro atoms. The van der Waals surface area contributed by atoms with Crippen LogP contribution in [-0.4, -0.2) is 24.0 Å². The molecule has 0 heterocycles. The third-order valence-corrected chi connectivity index (χ3v) is 3.40. The summed E-state index contributed by atoms with van der Waals surface area (Å²) < 4.78 is 11.0. The minimum Gasteiger partial charge on any atom is -0.494 e. The van der Waals surface area contributed by atoms with Crippen LogP contribution >= 0.6 is 0 Å². The Morgan fingerprint density at radius 3 is 2.64 bits per heavy atom. The molecule has 25 heavy (non-hydrogen) atoms. The monoisotopic (exact) mass is 344 g/mol. The van der Waals surface area contributed by atoms with Crippen LogP contribution in [0.15, 0.2) is 42.5 Å². The van der Waals surface area contributed by atoms with Crippen molar-refractivity contribution in [2.24, 2.45) is 0 Å². The Hall–Kier alpha value is -2.93. The number of carbonyl (C=O) groups is 1. The van der Waals surface area contributed by atoms with Crippen LogP contribution < -0.4 is 10.1 Å². The Kier molecular flexibility index (Phi) is 6.47.